The minimum atomic E-state index is -3.63. The van der Waals surface area contributed by atoms with Crippen LogP contribution in [0.1, 0.15) is 54.2 Å². The van der Waals surface area contributed by atoms with E-state index in [1.165, 1.54) is 6.07 Å². The van der Waals surface area contributed by atoms with E-state index in [4.69, 9.17) is 4.18 Å². The summed E-state index contributed by atoms with van der Waals surface area (Å²) in [5.41, 5.74) is 4.22. The van der Waals surface area contributed by atoms with E-state index in [1.54, 1.807) is 25.3 Å². The minimum Gasteiger partial charge on any atom is -0.361 e. The molecule has 138 valence electrons. The summed E-state index contributed by atoms with van der Waals surface area (Å²) in [6, 6.07) is 4.88. The Kier molecular flexibility index (Phi) is 4.14. The van der Waals surface area contributed by atoms with E-state index in [-0.39, 0.29) is 17.6 Å². The van der Waals surface area contributed by atoms with Crippen LogP contribution in [0.5, 0.6) is 5.88 Å². The Morgan fingerprint density at radius 3 is 2.42 bits per heavy atom. The van der Waals surface area contributed by atoms with Gasteiger partial charge in [-0.2, -0.15) is 8.42 Å². The van der Waals surface area contributed by atoms with Crippen molar-refractivity contribution in [1.82, 2.24) is 4.98 Å². The highest BCUT2D eigenvalue weighted by Crippen LogP contribution is 2.54. The first-order valence-electron chi connectivity index (χ1n) is 8.77. The molecule has 0 saturated heterocycles. The van der Waals surface area contributed by atoms with Crippen molar-refractivity contribution in [1.29, 1.82) is 0 Å². The number of halogens is 1. The summed E-state index contributed by atoms with van der Waals surface area (Å²) >= 11 is 0. The topological polar surface area (TPSA) is 68.3 Å². The lowest BCUT2D eigenvalue weighted by Crippen LogP contribution is -2.25. The zero-order valence-electron chi connectivity index (χ0n) is 14.8. The van der Waals surface area contributed by atoms with Gasteiger partial charge in [0.05, 0.1) is 18.1 Å². The number of aryl methyl sites for hydroxylation is 1. The first-order chi connectivity index (χ1) is 12.3. The van der Waals surface area contributed by atoms with E-state index in [0.717, 1.165) is 54.4 Å². The maximum atomic E-state index is 13.5. The number of pyridine rings is 1. The van der Waals surface area contributed by atoms with Gasteiger partial charge in [0, 0.05) is 11.3 Å². The molecule has 1 aromatic heterocycles. The SMILES string of the molecule is Cc1cc(Nc2cnc(OS(C)(=O)=O)c3c2C2CCC3CC2)ccc1F. The maximum absolute atomic E-state index is 13.5. The first kappa shape index (κ1) is 17.3. The zero-order valence-corrected chi connectivity index (χ0v) is 15.6. The number of benzene rings is 1. The van der Waals surface area contributed by atoms with Crippen molar-refractivity contribution in [3.05, 3.63) is 46.9 Å². The van der Waals surface area contributed by atoms with Gasteiger partial charge in [0.25, 0.3) is 0 Å². The average molecular weight is 376 g/mol. The van der Waals surface area contributed by atoms with Crippen LogP contribution in [-0.4, -0.2) is 19.7 Å². The van der Waals surface area contributed by atoms with Crippen LogP contribution in [0.2, 0.25) is 0 Å². The number of anilines is 2. The van der Waals surface area contributed by atoms with Crippen molar-refractivity contribution in [3.8, 4) is 5.88 Å². The fourth-order valence-electron chi connectivity index (χ4n) is 4.22. The van der Waals surface area contributed by atoms with Gasteiger partial charge in [0.1, 0.15) is 5.82 Å². The van der Waals surface area contributed by atoms with Crippen LogP contribution < -0.4 is 9.50 Å². The quantitative estimate of drug-likeness (QED) is 0.803. The standard InChI is InChI=1S/C19H21FN2O3S/c1-11-9-14(7-8-15(11)20)22-16-10-21-19(25-26(2,23)24)18-13-5-3-12(4-6-13)17(16)18/h7-10,12-13,22H,3-6H2,1-2H3. The summed E-state index contributed by atoms with van der Waals surface area (Å²) in [6.45, 7) is 1.72. The third-order valence-corrected chi connectivity index (χ3v) is 5.79. The lowest BCUT2D eigenvalue weighted by molar-refractivity contribution is 0.348. The summed E-state index contributed by atoms with van der Waals surface area (Å²) in [6.07, 6.45) is 6.87. The summed E-state index contributed by atoms with van der Waals surface area (Å²) in [4.78, 5) is 4.29. The summed E-state index contributed by atoms with van der Waals surface area (Å²) in [7, 11) is -3.63. The zero-order chi connectivity index (χ0) is 18.5. The number of hydrogen-bond acceptors (Lipinski definition) is 5. The van der Waals surface area contributed by atoms with E-state index < -0.39 is 10.1 Å². The molecule has 26 heavy (non-hydrogen) atoms. The molecule has 1 saturated carbocycles. The van der Waals surface area contributed by atoms with Gasteiger partial charge in [-0.3, -0.25) is 0 Å². The first-order valence-corrected chi connectivity index (χ1v) is 10.6. The molecule has 5 rings (SSSR count). The molecule has 0 atom stereocenters. The molecule has 1 aromatic carbocycles. The van der Waals surface area contributed by atoms with Gasteiger partial charge < -0.3 is 9.50 Å². The predicted molar refractivity (Wildman–Crippen MR) is 98.1 cm³/mol. The molecule has 1 N–H and O–H groups in total. The van der Waals surface area contributed by atoms with Gasteiger partial charge in [-0.05, 0) is 73.8 Å². The van der Waals surface area contributed by atoms with Crippen molar-refractivity contribution in [2.45, 2.75) is 44.4 Å². The lowest BCUT2D eigenvalue weighted by Gasteiger charge is -2.39. The summed E-state index contributed by atoms with van der Waals surface area (Å²) in [5, 5.41) is 3.34. The Balaban J connectivity index is 1.79. The molecule has 0 unspecified atom stereocenters. The van der Waals surface area contributed by atoms with Crippen LogP contribution in [-0.2, 0) is 10.1 Å². The van der Waals surface area contributed by atoms with E-state index >= 15 is 0 Å². The molecule has 3 aliphatic rings. The largest absolute Gasteiger partial charge is 0.361 e. The maximum Gasteiger partial charge on any atom is 0.307 e. The molecule has 0 amide bonds. The third-order valence-electron chi connectivity index (χ3n) is 5.33. The van der Waals surface area contributed by atoms with Gasteiger partial charge >= 0.3 is 10.1 Å². The van der Waals surface area contributed by atoms with Crippen LogP contribution in [0.25, 0.3) is 0 Å². The molecule has 1 fully saturated rings. The predicted octanol–water partition coefficient (Wildman–Crippen LogP) is 4.37. The van der Waals surface area contributed by atoms with Crippen LogP contribution >= 0.6 is 0 Å². The number of fused-ring (bicyclic) bond motifs is 2. The van der Waals surface area contributed by atoms with Gasteiger partial charge in [-0.15, -0.1) is 0 Å². The molecule has 2 aromatic rings. The second-order valence-corrected chi connectivity index (χ2v) is 8.80. The summed E-state index contributed by atoms with van der Waals surface area (Å²) < 4.78 is 42.0. The molecule has 1 heterocycles. The fraction of sp³-hybridized carbons (Fsp3) is 0.421. The molecule has 3 aliphatic carbocycles. The second-order valence-electron chi connectivity index (χ2n) is 7.23. The van der Waals surface area contributed by atoms with Gasteiger partial charge in [-0.25, -0.2) is 9.37 Å². The van der Waals surface area contributed by atoms with E-state index in [2.05, 4.69) is 10.3 Å². The van der Waals surface area contributed by atoms with Crippen molar-refractivity contribution < 1.29 is 17.0 Å². The molecule has 5 nitrogen and oxygen atoms in total. The number of aromatic nitrogens is 1. The number of nitrogens with zero attached hydrogens (tertiary/aromatic N) is 1. The van der Waals surface area contributed by atoms with Crippen LogP contribution in [0.3, 0.4) is 0 Å². The number of hydrogen-bond donors (Lipinski definition) is 1. The number of nitrogens with one attached hydrogen (secondary N) is 1. The van der Waals surface area contributed by atoms with Crippen LogP contribution in [0, 0.1) is 12.7 Å². The van der Waals surface area contributed by atoms with Crippen molar-refractivity contribution >= 4 is 21.5 Å². The van der Waals surface area contributed by atoms with Crippen LogP contribution in [0.15, 0.2) is 24.4 Å². The summed E-state index contributed by atoms with van der Waals surface area (Å²) in [5.74, 6) is 0.601. The van der Waals surface area contributed by atoms with Crippen molar-refractivity contribution in [3.63, 3.8) is 0 Å². The fourth-order valence-corrected chi connectivity index (χ4v) is 4.63. The van der Waals surface area contributed by atoms with E-state index in [0.29, 0.717) is 11.5 Å². The normalized spacial score (nSPS) is 21.3. The monoisotopic (exact) mass is 376 g/mol. The lowest BCUT2D eigenvalue weighted by atomic mass is 9.67. The Bertz CT molecular complexity index is 967. The Labute approximate surface area is 152 Å². The minimum absolute atomic E-state index is 0.206. The molecule has 7 heteroatoms. The highest BCUT2D eigenvalue weighted by atomic mass is 32.2. The molecular formula is C19H21FN2O3S. The molecule has 2 bridgehead atoms. The van der Waals surface area contributed by atoms with E-state index in [1.807, 2.05) is 0 Å². The van der Waals surface area contributed by atoms with E-state index in [9.17, 15) is 12.8 Å². The smallest absolute Gasteiger partial charge is 0.307 e. The number of rotatable bonds is 4. The van der Waals surface area contributed by atoms with Crippen molar-refractivity contribution in [2.75, 3.05) is 11.6 Å². The Morgan fingerprint density at radius 1 is 1.15 bits per heavy atom. The van der Waals surface area contributed by atoms with Crippen LogP contribution in [0.4, 0.5) is 15.8 Å². The highest BCUT2D eigenvalue weighted by Gasteiger charge is 2.38. The Hall–Kier alpha value is -2.15. The molecule has 0 radical (unpaired) electrons. The average Bonchev–Trinajstić information content (AvgIpc) is 2.60. The van der Waals surface area contributed by atoms with Gasteiger partial charge in [0.15, 0.2) is 0 Å². The Morgan fingerprint density at radius 2 is 1.81 bits per heavy atom. The molecular weight excluding hydrogens is 355 g/mol. The highest BCUT2D eigenvalue weighted by molar-refractivity contribution is 7.86. The molecule has 0 spiro atoms. The van der Waals surface area contributed by atoms with Crippen molar-refractivity contribution in [2.24, 2.45) is 0 Å². The molecule has 0 aliphatic heterocycles. The second kappa shape index (κ2) is 6.23. The third kappa shape index (κ3) is 3.16. The van der Waals surface area contributed by atoms with Gasteiger partial charge in [0.2, 0.25) is 5.88 Å². The van der Waals surface area contributed by atoms with Gasteiger partial charge in [-0.1, -0.05) is 0 Å².